The Hall–Kier alpha value is -3.86. The summed E-state index contributed by atoms with van der Waals surface area (Å²) < 4.78 is 12.6. The minimum atomic E-state index is -0.384. The van der Waals surface area contributed by atoms with Crippen LogP contribution in [0.1, 0.15) is 27.7 Å². The van der Waals surface area contributed by atoms with Gasteiger partial charge >= 0.3 is 7.12 Å². The molecule has 0 unspecified atom stereocenters. The first-order valence-corrected chi connectivity index (χ1v) is 13.2. The van der Waals surface area contributed by atoms with Gasteiger partial charge in [-0.3, -0.25) is 0 Å². The smallest absolute Gasteiger partial charge is 0.399 e. The summed E-state index contributed by atoms with van der Waals surface area (Å²) in [5.41, 5.74) is 6.04. The molecule has 0 radical (unpaired) electrons. The Labute approximate surface area is 225 Å². The van der Waals surface area contributed by atoms with Gasteiger partial charge in [0.05, 0.1) is 16.9 Å². The average Bonchev–Trinajstić information content (AvgIpc) is 3.16. The summed E-state index contributed by atoms with van der Waals surface area (Å²) in [5, 5.41) is 2.43. The molecule has 6 rings (SSSR count). The summed E-state index contributed by atoms with van der Waals surface area (Å²) in [6.45, 7) is 8.34. The zero-order valence-corrected chi connectivity index (χ0v) is 22.4. The molecular formula is C34H32BNO2. The molecule has 0 amide bonds. The van der Waals surface area contributed by atoms with E-state index >= 15 is 0 Å². The highest BCUT2D eigenvalue weighted by Crippen LogP contribution is 2.42. The molecule has 0 atom stereocenters. The molecule has 1 aliphatic rings. The molecule has 1 fully saturated rings. The quantitative estimate of drug-likeness (QED) is 0.228. The number of rotatable bonds is 5. The van der Waals surface area contributed by atoms with Crippen molar-refractivity contribution in [2.24, 2.45) is 0 Å². The third-order valence-electron chi connectivity index (χ3n) is 7.92. The van der Waals surface area contributed by atoms with Crippen LogP contribution in [0.5, 0.6) is 0 Å². The first-order valence-electron chi connectivity index (χ1n) is 13.2. The number of nitrogens with zero attached hydrogens (tertiary/aromatic N) is 1. The normalized spacial score (nSPS) is 16.1. The molecule has 0 aliphatic carbocycles. The van der Waals surface area contributed by atoms with Crippen molar-refractivity contribution >= 4 is 40.4 Å². The monoisotopic (exact) mass is 497 g/mol. The van der Waals surface area contributed by atoms with E-state index in [1.807, 2.05) is 0 Å². The summed E-state index contributed by atoms with van der Waals surface area (Å²) >= 11 is 0. The van der Waals surface area contributed by atoms with Gasteiger partial charge in [0.1, 0.15) is 0 Å². The molecule has 38 heavy (non-hydrogen) atoms. The van der Waals surface area contributed by atoms with Crippen molar-refractivity contribution < 1.29 is 9.31 Å². The largest absolute Gasteiger partial charge is 0.494 e. The highest BCUT2D eigenvalue weighted by atomic mass is 16.7. The maximum absolute atomic E-state index is 6.30. The standard InChI is InChI=1S/C34H32BNO2/c1-33(2)34(3,4)38-35(37-33)26-19-21-28(22-20-26)36(27-15-9-6-10-16-27)32-24-23-29(25-13-7-5-8-14-25)30-17-11-12-18-31(30)32/h5-24H,1-4H3. The molecular weight excluding hydrogens is 465 g/mol. The first-order chi connectivity index (χ1) is 18.3. The first kappa shape index (κ1) is 24.5. The molecule has 0 spiro atoms. The van der Waals surface area contributed by atoms with Crippen LogP contribution in [-0.4, -0.2) is 18.3 Å². The minimum absolute atomic E-state index is 0.369. The second kappa shape index (κ2) is 9.47. The number of benzene rings is 5. The van der Waals surface area contributed by atoms with Crippen molar-refractivity contribution in [1.29, 1.82) is 0 Å². The van der Waals surface area contributed by atoms with Gasteiger partial charge in [-0.25, -0.2) is 0 Å². The Morgan fingerprint density at radius 2 is 1.05 bits per heavy atom. The number of anilines is 3. The zero-order chi connectivity index (χ0) is 26.3. The van der Waals surface area contributed by atoms with Crippen LogP contribution in [0.4, 0.5) is 17.1 Å². The maximum Gasteiger partial charge on any atom is 0.494 e. The molecule has 5 aromatic rings. The van der Waals surface area contributed by atoms with Gasteiger partial charge in [0.15, 0.2) is 0 Å². The predicted octanol–water partition coefficient (Wildman–Crippen LogP) is 8.28. The van der Waals surface area contributed by atoms with E-state index < -0.39 is 0 Å². The summed E-state index contributed by atoms with van der Waals surface area (Å²) in [6.07, 6.45) is 0. The minimum Gasteiger partial charge on any atom is -0.399 e. The third kappa shape index (κ3) is 4.30. The summed E-state index contributed by atoms with van der Waals surface area (Å²) in [6, 6.07) is 42.8. The molecule has 0 N–H and O–H groups in total. The topological polar surface area (TPSA) is 21.7 Å². The maximum atomic E-state index is 6.30. The fourth-order valence-electron chi connectivity index (χ4n) is 5.11. The lowest BCUT2D eigenvalue weighted by Crippen LogP contribution is -2.41. The van der Waals surface area contributed by atoms with Gasteiger partial charge in [0, 0.05) is 16.8 Å². The number of hydrogen-bond acceptors (Lipinski definition) is 3. The van der Waals surface area contributed by atoms with E-state index in [9.17, 15) is 0 Å². The Morgan fingerprint density at radius 3 is 1.68 bits per heavy atom. The molecule has 1 aliphatic heterocycles. The van der Waals surface area contributed by atoms with Crippen molar-refractivity contribution in [2.45, 2.75) is 38.9 Å². The summed E-state index contributed by atoms with van der Waals surface area (Å²) in [7, 11) is -0.384. The van der Waals surface area contributed by atoms with Crippen molar-refractivity contribution in [3.05, 3.63) is 121 Å². The molecule has 0 aromatic heterocycles. The molecule has 0 bridgehead atoms. The van der Waals surface area contributed by atoms with Crippen molar-refractivity contribution in [3.63, 3.8) is 0 Å². The molecule has 5 aromatic carbocycles. The van der Waals surface area contributed by atoms with E-state index in [1.54, 1.807) is 0 Å². The number of fused-ring (bicyclic) bond motifs is 1. The molecule has 4 heteroatoms. The lowest BCUT2D eigenvalue weighted by molar-refractivity contribution is 0.00578. The fourth-order valence-corrected chi connectivity index (χ4v) is 5.11. The highest BCUT2D eigenvalue weighted by Gasteiger charge is 2.51. The van der Waals surface area contributed by atoms with Crippen molar-refractivity contribution in [1.82, 2.24) is 0 Å². The Balaban J connectivity index is 1.45. The van der Waals surface area contributed by atoms with E-state index in [1.165, 1.54) is 21.9 Å². The van der Waals surface area contributed by atoms with Gasteiger partial charge in [-0.05, 0) is 80.0 Å². The van der Waals surface area contributed by atoms with Gasteiger partial charge in [-0.2, -0.15) is 0 Å². The van der Waals surface area contributed by atoms with Crippen LogP contribution in [0.25, 0.3) is 21.9 Å². The van der Waals surface area contributed by atoms with Crippen LogP contribution in [0.2, 0.25) is 0 Å². The van der Waals surface area contributed by atoms with Crippen LogP contribution < -0.4 is 10.4 Å². The Kier molecular flexibility index (Phi) is 6.10. The van der Waals surface area contributed by atoms with Crippen LogP contribution >= 0.6 is 0 Å². The fraction of sp³-hybridized carbons (Fsp3) is 0.176. The summed E-state index contributed by atoms with van der Waals surface area (Å²) in [5.74, 6) is 0. The van der Waals surface area contributed by atoms with Gasteiger partial charge in [0.2, 0.25) is 0 Å². The number of para-hydroxylation sites is 1. The van der Waals surface area contributed by atoms with E-state index in [-0.39, 0.29) is 18.3 Å². The van der Waals surface area contributed by atoms with Crippen LogP contribution in [-0.2, 0) is 9.31 Å². The Morgan fingerprint density at radius 1 is 0.526 bits per heavy atom. The van der Waals surface area contributed by atoms with Crippen molar-refractivity contribution in [3.8, 4) is 11.1 Å². The highest BCUT2D eigenvalue weighted by molar-refractivity contribution is 6.62. The summed E-state index contributed by atoms with van der Waals surface area (Å²) in [4.78, 5) is 2.32. The Bertz CT molecular complexity index is 1550. The van der Waals surface area contributed by atoms with Crippen LogP contribution in [0.15, 0.2) is 121 Å². The van der Waals surface area contributed by atoms with E-state index in [4.69, 9.17) is 9.31 Å². The molecule has 1 saturated heterocycles. The SMILES string of the molecule is CC1(C)OB(c2ccc(N(c3ccccc3)c3ccc(-c4ccccc4)c4ccccc34)cc2)OC1(C)C. The van der Waals surface area contributed by atoms with Crippen LogP contribution in [0.3, 0.4) is 0 Å². The second-order valence-corrected chi connectivity index (χ2v) is 10.9. The third-order valence-corrected chi connectivity index (χ3v) is 7.92. The lowest BCUT2D eigenvalue weighted by atomic mass is 9.79. The van der Waals surface area contributed by atoms with Crippen molar-refractivity contribution in [2.75, 3.05) is 4.90 Å². The lowest BCUT2D eigenvalue weighted by Gasteiger charge is -2.32. The molecule has 188 valence electrons. The molecule has 0 saturated carbocycles. The van der Waals surface area contributed by atoms with Gasteiger partial charge in [0.25, 0.3) is 0 Å². The average molecular weight is 497 g/mol. The van der Waals surface area contributed by atoms with Gasteiger partial charge in [-0.15, -0.1) is 0 Å². The number of hydrogen-bond donors (Lipinski definition) is 0. The zero-order valence-electron chi connectivity index (χ0n) is 22.4. The van der Waals surface area contributed by atoms with E-state index in [0.29, 0.717) is 0 Å². The van der Waals surface area contributed by atoms with Crippen LogP contribution in [0, 0.1) is 0 Å². The van der Waals surface area contributed by atoms with Gasteiger partial charge < -0.3 is 14.2 Å². The molecule has 1 heterocycles. The van der Waals surface area contributed by atoms with E-state index in [0.717, 1.165) is 22.5 Å². The predicted molar refractivity (Wildman–Crippen MR) is 160 cm³/mol. The second-order valence-electron chi connectivity index (χ2n) is 10.9. The molecule has 3 nitrogen and oxygen atoms in total. The van der Waals surface area contributed by atoms with E-state index in [2.05, 4.69) is 154 Å². The van der Waals surface area contributed by atoms with Gasteiger partial charge in [-0.1, -0.05) is 91.0 Å².